The van der Waals surface area contributed by atoms with Crippen molar-refractivity contribution in [1.29, 1.82) is 0 Å². The number of halogens is 1. The van der Waals surface area contributed by atoms with Crippen molar-refractivity contribution in [3.8, 4) is 0 Å². The second-order valence-electron chi connectivity index (χ2n) is 6.10. The van der Waals surface area contributed by atoms with Crippen molar-refractivity contribution < 1.29 is 19.1 Å². The van der Waals surface area contributed by atoms with Crippen LogP contribution in [-0.4, -0.2) is 36.5 Å². The van der Waals surface area contributed by atoms with Gasteiger partial charge in [-0.2, -0.15) is 10.2 Å². The molecule has 2 aromatic heterocycles. The number of aryl methyl sites for hydroxylation is 1. The molecule has 3 rings (SSSR count). The molecule has 0 saturated heterocycles. The Morgan fingerprint density at radius 1 is 1.33 bits per heavy atom. The van der Waals surface area contributed by atoms with Gasteiger partial charge < -0.3 is 10.4 Å². The average Bonchev–Trinajstić information content (AvgIpc) is 3.23. The summed E-state index contributed by atoms with van der Waals surface area (Å²) in [6.45, 7) is 3.50. The summed E-state index contributed by atoms with van der Waals surface area (Å²) in [6, 6.07) is 7.21. The van der Waals surface area contributed by atoms with Gasteiger partial charge in [-0.3, -0.25) is 14.2 Å². The normalized spacial score (nSPS) is 12.0. The van der Waals surface area contributed by atoms with E-state index >= 15 is 0 Å². The van der Waals surface area contributed by atoms with Crippen molar-refractivity contribution in [1.82, 2.24) is 19.6 Å². The number of nitrogens with one attached hydrogen (secondary N) is 1. The number of rotatable bonds is 6. The fourth-order valence-electron chi connectivity index (χ4n) is 2.49. The number of hydrogen-bond acceptors (Lipinski definition) is 4. The third kappa shape index (κ3) is 4.02. The molecular weight excluding hydrogens is 353 g/mol. The van der Waals surface area contributed by atoms with Gasteiger partial charge in [-0.25, -0.2) is 9.18 Å². The zero-order valence-corrected chi connectivity index (χ0v) is 14.8. The fourth-order valence-corrected chi connectivity index (χ4v) is 2.49. The lowest BCUT2D eigenvalue weighted by Crippen LogP contribution is -2.16. The first kappa shape index (κ1) is 18.3. The molecule has 8 nitrogen and oxygen atoms in total. The second kappa shape index (κ2) is 7.40. The second-order valence-corrected chi connectivity index (χ2v) is 6.10. The molecule has 0 bridgehead atoms. The van der Waals surface area contributed by atoms with E-state index < -0.39 is 17.9 Å². The van der Waals surface area contributed by atoms with Gasteiger partial charge in [-0.1, -0.05) is 18.2 Å². The van der Waals surface area contributed by atoms with Crippen molar-refractivity contribution in [2.45, 2.75) is 26.4 Å². The Labute approximate surface area is 154 Å². The minimum absolute atomic E-state index is 0.212. The van der Waals surface area contributed by atoms with Gasteiger partial charge in [0.2, 0.25) is 0 Å². The molecule has 0 aliphatic carbocycles. The number of carboxylic acid groups (broad SMARTS) is 1. The number of anilines is 1. The minimum Gasteiger partial charge on any atom is -0.480 e. The maximum absolute atomic E-state index is 13.8. The summed E-state index contributed by atoms with van der Waals surface area (Å²) < 4.78 is 16.6. The Bertz CT molecular complexity index is 995. The molecule has 0 fully saturated rings. The van der Waals surface area contributed by atoms with Crippen LogP contribution in [0.1, 0.15) is 34.6 Å². The summed E-state index contributed by atoms with van der Waals surface area (Å²) in [7, 11) is 0. The van der Waals surface area contributed by atoms with Gasteiger partial charge in [-0.05, 0) is 19.9 Å². The van der Waals surface area contributed by atoms with E-state index in [1.54, 1.807) is 35.9 Å². The molecule has 2 heterocycles. The molecule has 1 atom stereocenters. The molecule has 2 N–H and O–H groups in total. The molecule has 1 unspecified atom stereocenters. The number of carboxylic acids is 1. The van der Waals surface area contributed by atoms with Crippen molar-refractivity contribution in [2.24, 2.45) is 0 Å². The first-order valence-electron chi connectivity index (χ1n) is 8.21. The summed E-state index contributed by atoms with van der Waals surface area (Å²) in [5.74, 6) is -1.52. The monoisotopic (exact) mass is 371 g/mol. The molecule has 0 aliphatic rings. The smallest absolute Gasteiger partial charge is 0.328 e. The SMILES string of the molecule is Cc1cc(NC(=O)c2cnn(C(C)C(=O)O)c2)nn1Cc1ccccc1F. The number of aromatic nitrogens is 4. The highest BCUT2D eigenvalue weighted by Gasteiger charge is 2.17. The van der Waals surface area contributed by atoms with Gasteiger partial charge in [0.05, 0.1) is 18.3 Å². The lowest BCUT2D eigenvalue weighted by Gasteiger charge is -2.05. The van der Waals surface area contributed by atoms with Crippen LogP contribution in [0, 0.1) is 12.7 Å². The number of hydrogen-bond donors (Lipinski definition) is 2. The van der Waals surface area contributed by atoms with Crippen LogP contribution in [0.3, 0.4) is 0 Å². The molecule has 140 valence electrons. The van der Waals surface area contributed by atoms with Crippen molar-refractivity contribution in [3.05, 3.63) is 65.4 Å². The van der Waals surface area contributed by atoms with E-state index in [9.17, 15) is 14.0 Å². The first-order valence-corrected chi connectivity index (χ1v) is 8.21. The van der Waals surface area contributed by atoms with Crippen LogP contribution in [-0.2, 0) is 11.3 Å². The summed E-state index contributed by atoms with van der Waals surface area (Å²) in [5, 5.41) is 19.8. The molecule has 0 saturated carbocycles. The molecule has 1 amide bonds. The van der Waals surface area contributed by atoms with Gasteiger partial charge in [0.1, 0.15) is 11.9 Å². The lowest BCUT2D eigenvalue weighted by atomic mass is 10.2. The van der Waals surface area contributed by atoms with Gasteiger partial charge in [0.15, 0.2) is 5.82 Å². The number of carbonyl (C=O) groups excluding carboxylic acids is 1. The topological polar surface area (TPSA) is 102 Å². The van der Waals surface area contributed by atoms with Gasteiger partial charge in [-0.15, -0.1) is 0 Å². The molecule has 0 spiro atoms. The van der Waals surface area contributed by atoms with Crippen LogP contribution < -0.4 is 5.32 Å². The van der Waals surface area contributed by atoms with E-state index in [1.165, 1.54) is 30.1 Å². The Hall–Kier alpha value is -3.49. The summed E-state index contributed by atoms with van der Waals surface area (Å²) in [6.07, 6.45) is 2.65. The van der Waals surface area contributed by atoms with E-state index in [4.69, 9.17) is 5.11 Å². The van der Waals surface area contributed by atoms with Crippen LogP contribution >= 0.6 is 0 Å². The Morgan fingerprint density at radius 3 is 2.78 bits per heavy atom. The van der Waals surface area contributed by atoms with Crippen molar-refractivity contribution >= 4 is 17.7 Å². The predicted octanol–water partition coefficient (Wildman–Crippen LogP) is 2.47. The largest absolute Gasteiger partial charge is 0.480 e. The quantitative estimate of drug-likeness (QED) is 0.693. The number of benzene rings is 1. The first-order chi connectivity index (χ1) is 12.8. The average molecular weight is 371 g/mol. The van der Waals surface area contributed by atoms with Crippen molar-refractivity contribution in [3.63, 3.8) is 0 Å². The standard InChI is InChI=1S/C18H18FN5O3/c1-11-7-16(22-23(11)9-13-5-3-4-6-15(13)19)21-17(25)14-8-20-24(10-14)12(2)18(26)27/h3-8,10,12H,9H2,1-2H3,(H,26,27)(H,21,22,25). The van der Waals surface area contributed by atoms with E-state index in [0.29, 0.717) is 11.4 Å². The van der Waals surface area contributed by atoms with Crippen LogP contribution in [0.2, 0.25) is 0 Å². The molecule has 0 radical (unpaired) electrons. The minimum atomic E-state index is -1.05. The van der Waals surface area contributed by atoms with E-state index in [0.717, 1.165) is 5.69 Å². The fraction of sp³-hybridized carbons (Fsp3) is 0.222. The number of amides is 1. The van der Waals surface area contributed by atoms with Crippen LogP contribution in [0.5, 0.6) is 0 Å². The summed E-state index contributed by atoms with van der Waals surface area (Å²) in [4.78, 5) is 23.3. The van der Waals surface area contributed by atoms with E-state index in [-0.39, 0.29) is 17.9 Å². The maximum atomic E-state index is 13.8. The van der Waals surface area contributed by atoms with Gasteiger partial charge in [0, 0.05) is 23.5 Å². The highest BCUT2D eigenvalue weighted by atomic mass is 19.1. The van der Waals surface area contributed by atoms with E-state index in [1.807, 2.05) is 0 Å². The molecule has 0 aliphatic heterocycles. The predicted molar refractivity (Wildman–Crippen MR) is 95.0 cm³/mol. The van der Waals surface area contributed by atoms with Crippen molar-refractivity contribution in [2.75, 3.05) is 5.32 Å². The summed E-state index contributed by atoms with van der Waals surface area (Å²) in [5.41, 5.74) is 1.46. The van der Waals surface area contributed by atoms with Crippen LogP contribution in [0.15, 0.2) is 42.7 Å². The Kier molecular flexibility index (Phi) is 5.02. The van der Waals surface area contributed by atoms with Crippen LogP contribution in [0.25, 0.3) is 0 Å². The molecule has 3 aromatic rings. The number of nitrogens with zero attached hydrogens (tertiary/aromatic N) is 4. The zero-order valence-electron chi connectivity index (χ0n) is 14.8. The molecule has 1 aromatic carbocycles. The number of carbonyl (C=O) groups is 2. The zero-order chi connectivity index (χ0) is 19.6. The Balaban J connectivity index is 1.72. The third-order valence-corrected chi connectivity index (χ3v) is 4.12. The van der Waals surface area contributed by atoms with Gasteiger partial charge in [0.25, 0.3) is 5.91 Å². The Morgan fingerprint density at radius 2 is 2.07 bits per heavy atom. The van der Waals surface area contributed by atoms with Gasteiger partial charge >= 0.3 is 5.97 Å². The number of aliphatic carboxylic acids is 1. The maximum Gasteiger partial charge on any atom is 0.328 e. The van der Waals surface area contributed by atoms with E-state index in [2.05, 4.69) is 15.5 Å². The van der Waals surface area contributed by atoms with Crippen LogP contribution in [0.4, 0.5) is 10.2 Å². The highest BCUT2D eigenvalue weighted by molar-refractivity contribution is 6.03. The highest BCUT2D eigenvalue weighted by Crippen LogP contribution is 2.15. The summed E-state index contributed by atoms with van der Waals surface area (Å²) >= 11 is 0. The molecular formula is C18H18FN5O3. The third-order valence-electron chi connectivity index (χ3n) is 4.12. The lowest BCUT2D eigenvalue weighted by molar-refractivity contribution is -0.140. The molecule has 9 heteroatoms. The molecule has 27 heavy (non-hydrogen) atoms.